The zero-order valence-corrected chi connectivity index (χ0v) is 6.33. The third kappa shape index (κ3) is 4.29. The average Bonchev–Trinajstić information content (AvgIpc) is 1.82. The fourth-order valence-corrected chi connectivity index (χ4v) is 0.378. The fraction of sp³-hybridized carbons (Fsp3) is 0.833. The van der Waals surface area contributed by atoms with Crippen LogP contribution < -0.4 is 11.5 Å². The smallest absolute Gasteiger partial charge is 0.261 e. The molecule has 60 valence electrons. The van der Waals surface area contributed by atoms with E-state index in [1.165, 1.54) is 0 Å². The molecule has 0 aromatic rings. The summed E-state index contributed by atoms with van der Waals surface area (Å²) < 4.78 is 4.87. The summed E-state index contributed by atoms with van der Waals surface area (Å²) in [5, 5.41) is 0. The summed E-state index contributed by atoms with van der Waals surface area (Å²) in [6.07, 6.45) is -0.956. The van der Waals surface area contributed by atoms with Crippen molar-refractivity contribution in [2.24, 2.45) is 17.4 Å². The topological polar surface area (TPSA) is 78.3 Å². The summed E-state index contributed by atoms with van der Waals surface area (Å²) >= 11 is 0. The second-order valence-corrected chi connectivity index (χ2v) is 2.55. The molecule has 10 heavy (non-hydrogen) atoms. The minimum absolute atomic E-state index is 0.366. The first-order valence-corrected chi connectivity index (χ1v) is 3.20. The molecule has 0 aliphatic carbocycles. The van der Waals surface area contributed by atoms with Crippen LogP contribution in [0.25, 0.3) is 0 Å². The van der Waals surface area contributed by atoms with E-state index in [9.17, 15) is 4.79 Å². The molecule has 1 atom stereocenters. The van der Waals surface area contributed by atoms with Crippen molar-refractivity contribution in [2.45, 2.75) is 20.1 Å². The van der Waals surface area contributed by atoms with E-state index in [1.54, 1.807) is 0 Å². The Balaban J connectivity index is 3.40. The van der Waals surface area contributed by atoms with Gasteiger partial charge >= 0.3 is 0 Å². The summed E-state index contributed by atoms with van der Waals surface area (Å²) in [7, 11) is 0. The first-order valence-electron chi connectivity index (χ1n) is 3.20. The molecular formula is C6H14N2O2. The quantitative estimate of drug-likeness (QED) is 0.521. The Morgan fingerprint density at radius 3 is 2.40 bits per heavy atom. The van der Waals surface area contributed by atoms with Crippen molar-refractivity contribution >= 4 is 5.91 Å². The molecule has 0 saturated carbocycles. The Bertz CT molecular complexity index is 114. The van der Waals surface area contributed by atoms with Crippen molar-refractivity contribution in [1.82, 2.24) is 0 Å². The van der Waals surface area contributed by atoms with Crippen LogP contribution in [0.2, 0.25) is 0 Å². The molecule has 4 N–H and O–H groups in total. The molecule has 0 bridgehead atoms. The van der Waals surface area contributed by atoms with E-state index in [0.717, 1.165) is 0 Å². The first-order chi connectivity index (χ1) is 4.54. The zero-order valence-electron chi connectivity index (χ0n) is 6.33. The molecule has 0 heterocycles. The van der Waals surface area contributed by atoms with Gasteiger partial charge in [-0.25, -0.2) is 0 Å². The van der Waals surface area contributed by atoms with Crippen LogP contribution in [-0.4, -0.2) is 18.7 Å². The Labute approximate surface area is 60.5 Å². The number of amides is 1. The van der Waals surface area contributed by atoms with Crippen molar-refractivity contribution in [3.63, 3.8) is 0 Å². The molecule has 0 fully saturated rings. The van der Waals surface area contributed by atoms with Crippen LogP contribution in [-0.2, 0) is 9.53 Å². The number of hydrogen-bond acceptors (Lipinski definition) is 3. The molecule has 1 unspecified atom stereocenters. The van der Waals surface area contributed by atoms with Gasteiger partial charge in [-0.15, -0.1) is 0 Å². The lowest BCUT2D eigenvalue weighted by Crippen LogP contribution is -2.39. The van der Waals surface area contributed by atoms with E-state index in [-0.39, 0.29) is 0 Å². The van der Waals surface area contributed by atoms with Crippen molar-refractivity contribution in [3.05, 3.63) is 0 Å². The minimum atomic E-state index is -0.956. The van der Waals surface area contributed by atoms with Gasteiger partial charge in [-0.3, -0.25) is 10.5 Å². The molecule has 4 nitrogen and oxygen atoms in total. The third-order valence-corrected chi connectivity index (χ3v) is 0.890. The first kappa shape index (κ1) is 9.39. The average molecular weight is 146 g/mol. The minimum Gasteiger partial charge on any atom is -0.366 e. The van der Waals surface area contributed by atoms with Gasteiger partial charge in [0.05, 0.1) is 6.61 Å². The zero-order chi connectivity index (χ0) is 8.15. The Morgan fingerprint density at radius 2 is 2.10 bits per heavy atom. The second kappa shape index (κ2) is 4.24. The number of carbonyl (C=O) groups excluding carboxylic acids is 1. The summed E-state index contributed by atoms with van der Waals surface area (Å²) in [6.45, 7) is 4.39. The van der Waals surface area contributed by atoms with E-state index in [4.69, 9.17) is 16.2 Å². The molecule has 0 spiro atoms. The highest BCUT2D eigenvalue weighted by atomic mass is 16.5. The van der Waals surface area contributed by atoms with E-state index >= 15 is 0 Å². The molecule has 1 amide bonds. The molecule has 0 aromatic heterocycles. The molecule has 0 radical (unpaired) electrons. The number of nitrogens with two attached hydrogens (primary N) is 2. The molecule has 4 heteroatoms. The van der Waals surface area contributed by atoms with Crippen LogP contribution in [0, 0.1) is 5.92 Å². The second-order valence-electron chi connectivity index (χ2n) is 2.55. The van der Waals surface area contributed by atoms with Crippen molar-refractivity contribution in [1.29, 1.82) is 0 Å². The van der Waals surface area contributed by atoms with Gasteiger partial charge in [0.1, 0.15) is 0 Å². The molecule has 0 aliphatic heterocycles. The summed E-state index contributed by atoms with van der Waals surface area (Å²) in [6, 6.07) is 0. The number of carbonyl (C=O) groups is 1. The summed E-state index contributed by atoms with van der Waals surface area (Å²) in [4.78, 5) is 10.3. The van der Waals surface area contributed by atoms with Crippen LogP contribution in [0.5, 0.6) is 0 Å². The Kier molecular flexibility index (Phi) is 3.99. The number of rotatable bonds is 4. The lowest BCUT2D eigenvalue weighted by molar-refractivity contribution is -0.129. The normalized spacial score (nSPS) is 13.6. The standard InChI is InChI=1S/C6H14N2O2/c1-4(2)3-10-6(8)5(7)9/h4,6H,3,8H2,1-2H3,(H2,7,9). The molecule has 0 rings (SSSR count). The molecule has 0 aliphatic rings. The lowest BCUT2D eigenvalue weighted by Gasteiger charge is -2.10. The molecule has 0 saturated heterocycles. The van der Waals surface area contributed by atoms with Gasteiger partial charge in [0.2, 0.25) is 0 Å². The Morgan fingerprint density at radius 1 is 1.60 bits per heavy atom. The highest BCUT2D eigenvalue weighted by molar-refractivity contribution is 5.78. The highest BCUT2D eigenvalue weighted by Crippen LogP contribution is 1.93. The van der Waals surface area contributed by atoms with Gasteiger partial charge in [-0.05, 0) is 5.92 Å². The van der Waals surface area contributed by atoms with Crippen LogP contribution >= 0.6 is 0 Å². The van der Waals surface area contributed by atoms with Gasteiger partial charge < -0.3 is 10.5 Å². The summed E-state index contributed by atoms with van der Waals surface area (Å²) in [5.41, 5.74) is 10.0. The maximum atomic E-state index is 10.3. The number of primary amides is 1. The lowest BCUT2D eigenvalue weighted by atomic mass is 10.2. The van der Waals surface area contributed by atoms with Gasteiger partial charge in [0, 0.05) is 0 Å². The van der Waals surface area contributed by atoms with E-state index in [2.05, 4.69) is 0 Å². The monoisotopic (exact) mass is 146 g/mol. The fourth-order valence-electron chi connectivity index (χ4n) is 0.378. The SMILES string of the molecule is CC(C)COC(N)C(N)=O. The van der Waals surface area contributed by atoms with Crippen molar-refractivity contribution < 1.29 is 9.53 Å². The Hall–Kier alpha value is -0.610. The maximum Gasteiger partial charge on any atom is 0.261 e. The predicted molar refractivity (Wildman–Crippen MR) is 38.0 cm³/mol. The number of hydrogen-bond donors (Lipinski definition) is 2. The largest absolute Gasteiger partial charge is 0.366 e. The van der Waals surface area contributed by atoms with Crippen LogP contribution in [0.1, 0.15) is 13.8 Å². The highest BCUT2D eigenvalue weighted by Gasteiger charge is 2.08. The van der Waals surface area contributed by atoms with Crippen LogP contribution in [0.15, 0.2) is 0 Å². The maximum absolute atomic E-state index is 10.3. The van der Waals surface area contributed by atoms with Gasteiger partial charge in [0.25, 0.3) is 5.91 Å². The predicted octanol–water partition coefficient (Wildman–Crippen LogP) is -0.571. The number of ether oxygens (including phenoxy) is 1. The third-order valence-electron chi connectivity index (χ3n) is 0.890. The van der Waals surface area contributed by atoms with Crippen LogP contribution in [0.3, 0.4) is 0 Å². The van der Waals surface area contributed by atoms with Gasteiger partial charge in [-0.1, -0.05) is 13.8 Å². The van der Waals surface area contributed by atoms with E-state index in [1.807, 2.05) is 13.8 Å². The van der Waals surface area contributed by atoms with Crippen molar-refractivity contribution in [2.75, 3.05) is 6.61 Å². The van der Waals surface area contributed by atoms with E-state index < -0.39 is 12.1 Å². The van der Waals surface area contributed by atoms with Gasteiger partial charge in [0.15, 0.2) is 6.23 Å². The van der Waals surface area contributed by atoms with Gasteiger partial charge in [-0.2, -0.15) is 0 Å². The summed E-state index contributed by atoms with van der Waals surface area (Å²) in [5.74, 6) is -0.258. The van der Waals surface area contributed by atoms with Crippen molar-refractivity contribution in [3.8, 4) is 0 Å². The van der Waals surface area contributed by atoms with Crippen LogP contribution in [0.4, 0.5) is 0 Å². The molecular weight excluding hydrogens is 132 g/mol. The molecule has 0 aromatic carbocycles. The van der Waals surface area contributed by atoms with E-state index in [0.29, 0.717) is 12.5 Å².